The number of rotatable bonds is 8. The molecular weight excluding hydrogens is 222 g/mol. The zero-order valence-electron chi connectivity index (χ0n) is 10.4. The standard InChI is InChI=1S/C12H22ClN3/c1-3-5-7-8-10-16-11(9-6-4-2)12(13)14-15-16/h3-10H2,1-2H3. The van der Waals surface area contributed by atoms with E-state index in [9.17, 15) is 0 Å². The molecule has 1 aromatic heterocycles. The van der Waals surface area contributed by atoms with Crippen LogP contribution in [0.4, 0.5) is 0 Å². The molecule has 0 atom stereocenters. The van der Waals surface area contributed by atoms with Gasteiger partial charge in [0.2, 0.25) is 0 Å². The summed E-state index contributed by atoms with van der Waals surface area (Å²) in [7, 11) is 0. The highest BCUT2D eigenvalue weighted by molar-refractivity contribution is 6.29. The van der Waals surface area contributed by atoms with E-state index in [4.69, 9.17) is 11.6 Å². The van der Waals surface area contributed by atoms with Gasteiger partial charge in [-0.05, 0) is 19.3 Å². The molecule has 0 saturated heterocycles. The van der Waals surface area contributed by atoms with E-state index in [0.717, 1.165) is 25.1 Å². The molecule has 92 valence electrons. The largest absolute Gasteiger partial charge is 0.248 e. The van der Waals surface area contributed by atoms with Gasteiger partial charge in [0.1, 0.15) is 0 Å². The van der Waals surface area contributed by atoms with Gasteiger partial charge in [-0.3, -0.25) is 0 Å². The smallest absolute Gasteiger partial charge is 0.174 e. The van der Waals surface area contributed by atoms with E-state index >= 15 is 0 Å². The van der Waals surface area contributed by atoms with Crippen LogP contribution < -0.4 is 0 Å². The predicted molar refractivity (Wildman–Crippen MR) is 67.8 cm³/mol. The Bertz CT molecular complexity index is 296. The number of aromatic nitrogens is 3. The Morgan fingerprint density at radius 3 is 2.50 bits per heavy atom. The van der Waals surface area contributed by atoms with Crippen molar-refractivity contribution in [2.75, 3.05) is 0 Å². The third-order valence-electron chi connectivity index (χ3n) is 2.78. The van der Waals surface area contributed by atoms with Crippen LogP contribution in [0.15, 0.2) is 0 Å². The van der Waals surface area contributed by atoms with Crippen LogP contribution in [0.5, 0.6) is 0 Å². The first-order chi connectivity index (χ1) is 7.79. The lowest BCUT2D eigenvalue weighted by atomic mass is 10.2. The topological polar surface area (TPSA) is 30.7 Å². The van der Waals surface area contributed by atoms with Crippen LogP contribution in [0.2, 0.25) is 5.15 Å². The summed E-state index contributed by atoms with van der Waals surface area (Å²) >= 11 is 6.03. The third-order valence-corrected chi connectivity index (χ3v) is 3.07. The molecule has 0 spiro atoms. The van der Waals surface area contributed by atoms with E-state index < -0.39 is 0 Å². The van der Waals surface area contributed by atoms with Crippen molar-refractivity contribution in [1.82, 2.24) is 15.0 Å². The number of halogens is 1. The molecule has 0 bridgehead atoms. The van der Waals surface area contributed by atoms with E-state index in [2.05, 4.69) is 24.2 Å². The van der Waals surface area contributed by atoms with Crippen LogP contribution >= 0.6 is 11.6 Å². The summed E-state index contributed by atoms with van der Waals surface area (Å²) in [6.07, 6.45) is 8.33. The highest BCUT2D eigenvalue weighted by Crippen LogP contribution is 2.15. The van der Waals surface area contributed by atoms with Crippen molar-refractivity contribution in [2.24, 2.45) is 0 Å². The molecule has 0 amide bonds. The van der Waals surface area contributed by atoms with Crippen molar-refractivity contribution < 1.29 is 0 Å². The molecule has 1 heterocycles. The van der Waals surface area contributed by atoms with Crippen LogP contribution in [-0.4, -0.2) is 15.0 Å². The zero-order valence-corrected chi connectivity index (χ0v) is 11.1. The van der Waals surface area contributed by atoms with Gasteiger partial charge < -0.3 is 0 Å². The minimum atomic E-state index is 0.587. The maximum atomic E-state index is 6.03. The number of nitrogens with zero attached hydrogens (tertiary/aromatic N) is 3. The number of unbranched alkanes of at least 4 members (excludes halogenated alkanes) is 4. The lowest BCUT2D eigenvalue weighted by Crippen LogP contribution is -2.05. The van der Waals surface area contributed by atoms with Gasteiger partial charge in [0.25, 0.3) is 0 Å². The van der Waals surface area contributed by atoms with Gasteiger partial charge >= 0.3 is 0 Å². The number of hydrogen-bond acceptors (Lipinski definition) is 2. The molecule has 0 N–H and O–H groups in total. The van der Waals surface area contributed by atoms with Crippen molar-refractivity contribution >= 4 is 11.6 Å². The summed E-state index contributed by atoms with van der Waals surface area (Å²) in [6.45, 7) is 5.36. The highest BCUT2D eigenvalue weighted by Gasteiger charge is 2.09. The molecule has 0 aromatic carbocycles. The molecule has 16 heavy (non-hydrogen) atoms. The molecule has 4 heteroatoms. The second-order valence-electron chi connectivity index (χ2n) is 4.21. The Morgan fingerprint density at radius 1 is 1.06 bits per heavy atom. The molecule has 0 saturated carbocycles. The number of hydrogen-bond donors (Lipinski definition) is 0. The zero-order chi connectivity index (χ0) is 11.8. The average molecular weight is 244 g/mol. The lowest BCUT2D eigenvalue weighted by molar-refractivity contribution is 0.508. The molecule has 1 rings (SSSR count). The molecule has 0 fully saturated rings. The maximum absolute atomic E-state index is 6.03. The predicted octanol–water partition coefficient (Wildman–Crippen LogP) is 3.85. The van der Waals surface area contributed by atoms with Gasteiger partial charge in [-0.2, -0.15) is 0 Å². The first-order valence-electron chi connectivity index (χ1n) is 6.37. The molecule has 1 aromatic rings. The molecule has 0 unspecified atom stereocenters. The summed E-state index contributed by atoms with van der Waals surface area (Å²) < 4.78 is 1.98. The third kappa shape index (κ3) is 4.12. The van der Waals surface area contributed by atoms with E-state index in [0.29, 0.717) is 5.15 Å². The van der Waals surface area contributed by atoms with Gasteiger partial charge in [-0.1, -0.05) is 56.3 Å². The van der Waals surface area contributed by atoms with Gasteiger partial charge in [0, 0.05) is 6.54 Å². The quantitative estimate of drug-likeness (QED) is 0.650. The molecule has 0 aliphatic heterocycles. The summed E-state index contributed by atoms with van der Waals surface area (Å²) in [5.74, 6) is 0. The molecule has 0 aliphatic rings. The summed E-state index contributed by atoms with van der Waals surface area (Å²) in [4.78, 5) is 0. The minimum absolute atomic E-state index is 0.587. The molecule has 3 nitrogen and oxygen atoms in total. The first kappa shape index (κ1) is 13.5. The monoisotopic (exact) mass is 243 g/mol. The van der Waals surface area contributed by atoms with Gasteiger partial charge in [-0.15, -0.1) is 5.10 Å². The summed E-state index contributed by atoms with van der Waals surface area (Å²) in [6, 6.07) is 0. The number of aryl methyl sites for hydroxylation is 1. The van der Waals surface area contributed by atoms with Crippen molar-refractivity contribution in [2.45, 2.75) is 65.3 Å². The van der Waals surface area contributed by atoms with Crippen molar-refractivity contribution in [3.63, 3.8) is 0 Å². The van der Waals surface area contributed by atoms with Crippen LogP contribution in [0.25, 0.3) is 0 Å². The first-order valence-corrected chi connectivity index (χ1v) is 6.75. The highest BCUT2D eigenvalue weighted by atomic mass is 35.5. The van der Waals surface area contributed by atoms with Gasteiger partial charge in [-0.25, -0.2) is 4.68 Å². The minimum Gasteiger partial charge on any atom is -0.248 e. The van der Waals surface area contributed by atoms with Crippen molar-refractivity contribution in [3.8, 4) is 0 Å². The van der Waals surface area contributed by atoms with Crippen LogP contribution in [0, 0.1) is 0 Å². The molecule has 0 radical (unpaired) electrons. The molecule has 0 aliphatic carbocycles. The summed E-state index contributed by atoms with van der Waals surface area (Å²) in [5, 5.41) is 8.63. The fourth-order valence-electron chi connectivity index (χ4n) is 1.76. The SMILES string of the molecule is CCCCCCn1nnc(Cl)c1CCCC. The Hall–Kier alpha value is -0.570. The molecular formula is C12H22ClN3. The van der Waals surface area contributed by atoms with Gasteiger partial charge in [0.05, 0.1) is 5.69 Å². The average Bonchev–Trinajstić information content (AvgIpc) is 2.63. The van der Waals surface area contributed by atoms with Crippen LogP contribution in [0.3, 0.4) is 0 Å². The van der Waals surface area contributed by atoms with Crippen LogP contribution in [-0.2, 0) is 13.0 Å². The maximum Gasteiger partial charge on any atom is 0.174 e. The Kier molecular flexibility index (Phi) is 6.46. The Labute approximate surface area is 103 Å². The van der Waals surface area contributed by atoms with Crippen molar-refractivity contribution in [3.05, 3.63) is 10.8 Å². The van der Waals surface area contributed by atoms with E-state index in [-0.39, 0.29) is 0 Å². The van der Waals surface area contributed by atoms with E-state index in [1.165, 1.54) is 32.1 Å². The fourth-order valence-corrected chi connectivity index (χ4v) is 1.98. The normalized spacial score (nSPS) is 10.9. The van der Waals surface area contributed by atoms with E-state index in [1.54, 1.807) is 0 Å². The Balaban J connectivity index is 2.44. The van der Waals surface area contributed by atoms with Crippen LogP contribution in [0.1, 0.15) is 58.1 Å². The van der Waals surface area contributed by atoms with Crippen molar-refractivity contribution in [1.29, 1.82) is 0 Å². The second kappa shape index (κ2) is 7.66. The van der Waals surface area contributed by atoms with Gasteiger partial charge in [0.15, 0.2) is 5.15 Å². The van der Waals surface area contributed by atoms with E-state index in [1.807, 2.05) is 4.68 Å². The second-order valence-corrected chi connectivity index (χ2v) is 4.57. The summed E-state index contributed by atoms with van der Waals surface area (Å²) in [5.41, 5.74) is 1.11. The fraction of sp³-hybridized carbons (Fsp3) is 0.833. The Morgan fingerprint density at radius 2 is 1.81 bits per heavy atom. The lowest BCUT2D eigenvalue weighted by Gasteiger charge is -2.05.